The standard InChI is InChI=1S/C26H19ClN6O3S/c27-21-15-18(31-26(34)32-24-10-3-4-13-28-24)11-12-23(21)37(35,36)33-19-7-5-6-17(14-19)25-20-8-1-2-9-22(20)29-16-30-25/h1-16,33H,(H2,28,31,32,34). The van der Waals surface area contributed by atoms with E-state index in [9.17, 15) is 13.2 Å². The number of benzene rings is 3. The van der Waals surface area contributed by atoms with Gasteiger partial charge in [-0.15, -0.1) is 0 Å². The van der Waals surface area contributed by atoms with Crippen LogP contribution in [0.3, 0.4) is 0 Å². The molecule has 0 aliphatic carbocycles. The molecule has 2 amide bonds. The third-order valence-electron chi connectivity index (χ3n) is 5.32. The second kappa shape index (κ2) is 10.2. The van der Waals surface area contributed by atoms with Gasteiger partial charge in [-0.3, -0.25) is 10.0 Å². The fourth-order valence-corrected chi connectivity index (χ4v) is 5.28. The molecule has 2 heterocycles. The first kappa shape index (κ1) is 24.2. The summed E-state index contributed by atoms with van der Waals surface area (Å²) >= 11 is 6.30. The Morgan fingerprint density at radius 3 is 2.43 bits per heavy atom. The van der Waals surface area contributed by atoms with E-state index in [1.807, 2.05) is 30.3 Å². The third-order valence-corrected chi connectivity index (χ3v) is 7.18. The Morgan fingerprint density at radius 1 is 0.784 bits per heavy atom. The first-order valence-electron chi connectivity index (χ1n) is 11.0. The van der Waals surface area contributed by atoms with Gasteiger partial charge in [-0.1, -0.05) is 48.0 Å². The molecular formula is C26H19ClN6O3S. The number of nitrogens with one attached hydrogen (secondary N) is 3. The number of para-hydroxylation sites is 1. The maximum absolute atomic E-state index is 13.1. The van der Waals surface area contributed by atoms with Gasteiger partial charge < -0.3 is 5.32 Å². The fourth-order valence-electron chi connectivity index (χ4n) is 3.69. The zero-order valence-corrected chi connectivity index (χ0v) is 20.7. The summed E-state index contributed by atoms with van der Waals surface area (Å²) < 4.78 is 28.8. The molecule has 0 atom stereocenters. The zero-order valence-electron chi connectivity index (χ0n) is 19.1. The van der Waals surface area contributed by atoms with Crippen molar-refractivity contribution in [2.75, 3.05) is 15.4 Å². The quantitative estimate of drug-likeness (QED) is 0.255. The minimum atomic E-state index is -4.03. The van der Waals surface area contributed by atoms with Crippen LogP contribution in [0.1, 0.15) is 0 Å². The number of sulfonamides is 1. The number of nitrogens with zero attached hydrogens (tertiary/aromatic N) is 3. The summed E-state index contributed by atoms with van der Waals surface area (Å²) in [4.78, 5) is 24.7. The number of pyridine rings is 1. The Bertz CT molecular complexity index is 1710. The molecule has 0 radical (unpaired) electrons. The van der Waals surface area contributed by atoms with Gasteiger partial charge in [0.25, 0.3) is 10.0 Å². The number of anilines is 3. The highest BCUT2D eigenvalue weighted by atomic mass is 35.5. The van der Waals surface area contributed by atoms with Crippen LogP contribution in [-0.4, -0.2) is 29.4 Å². The van der Waals surface area contributed by atoms with Crippen molar-refractivity contribution in [2.24, 2.45) is 0 Å². The highest BCUT2D eigenvalue weighted by molar-refractivity contribution is 7.92. The normalized spacial score (nSPS) is 11.2. The molecule has 0 bridgehead atoms. The predicted molar refractivity (Wildman–Crippen MR) is 144 cm³/mol. The maximum Gasteiger partial charge on any atom is 0.324 e. The molecule has 0 unspecified atom stereocenters. The van der Waals surface area contributed by atoms with E-state index < -0.39 is 16.1 Å². The molecule has 0 aliphatic heterocycles. The number of hydrogen-bond donors (Lipinski definition) is 3. The molecule has 0 aliphatic rings. The molecule has 3 aromatic carbocycles. The molecule has 37 heavy (non-hydrogen) atoms. The van der Waals surface area contributed by atoms with Crippen LogP contribution in [0.5, 0.6) is 0 Å². The van der Waals surface area contributed by atoms with Gasteiger partial charge in [-0.05, 0) is 48.5 Å². The number of amides is 2. The van der Waals surface area contributed by atoms with Crippen LogP contribution < -0.4 is 15.4 Å². The maximum atomic E-state index is 13.1. The highest BCUT2D eigenvalue weighted by Gasteiger charge is 2.19. The van der Waals surface area contributed by atoms with Gasteiger partial charge >= 0.3 is 6.03 Å². The van der Waals surface area contributed by atoms with E-state index in [-0.39, 0.29) is 9.92 Å². The molecule has 2 aromatic heterocycles. The van der Waals surface area contributed by atoms with E-state index in [0.717, 1.165) is 16.5 Å². The minimum Gasteiger partial charge on any atom is -0.308 e. The van der Waals surface area contributed by atoms with Gasteiger partial charge in [0.15, 0.2) is 0 Å². The lowest BCUT2D eigenvalue weighted by Gasteiger charge is -2.13. The summed E-state index contributed by atoms with van der Waals surface area (Å²) in [6, 6.07) is 23.2. The summed E-state index contributed by atoms with van der Waals surface area (Å²) in [5.41, 5.74) is 2.85. The van der Waals surface area contributed by atoms with Gasteiger partial charge in [0.2, 0.25) is 0 Å². The SMILES string of the molecule is O=C(Nc1ccc(S(=O)(=O)Nc2cccc(-c3ncnc4ccccc34)c2)c(Cl)c1)Nc1ccccn1. The van der Waals surface area contributed by atoms with E-state index in [1.165, 1.54) is 24.5 Å². The lowest BCUT2D eigenvalue weighted by Crippen LogP contribution is -2.20. The van der Waals surface area contributed by atoms with Gasteiger partial charge in [0.1, 0.15) is 17.0 Å². The van der Waals surface area contributed by atoms with E-state index in [4.69, 9.17) is 11.6 Å². The number of urea groups is 1. The van der Waals surface area contributed by atoms with Gasteiger partial charge in [-0.2, -0.15) is 0 Å². The number of hydrogen-bond acceptors (Lipinski definition) is 6. The van der Waals surface area contributed by atoms with Gasteiger partial charge in [0.05, 0.1) is 16.2 Å². The van der Waals surface area contributed by atoms with E-state index in [0.29, 0.717) is 22.9 Å². The molecule has 11 heteroatoms. The molecule has 0 saturated heterocycles. The first-order valence-corrected chi connectivity index (χ1v) is 12.9. The second-order valence-electron chi connectivity index (χ2n) is 7.87. The molecule has 184 valence electrons. The van der Waals surface area contributed by atoms with Crippen LogP contribution in [0.25, 0.3) is 22.2 Å². The van der Waals surface area contributed by atoms with Crippen LogP contribution in [0.2, 0.25) is 5.02 Å². The number of carbonyl (C=O) groups excluding carboxylic acids is 1. The van der Waals surface area contributed by atoms with E-state index >= 15 is 0 Å². The molecule has 3 N–H and O–H groups in total. The van der Waals surface area contributed by atoms with Crippen molar-refractivity contribution >= 4 is 55.8 Å². The molecule has 5 aromatic rings. The zero-order chi connectivity index (χ0) is 25.8. The smallest absolute Gasteiger partial charge is 0.308 e. The minimum absolute atomic E-state index is 0.0546. The Kier molecular flexibility index (Phi) is 6.67. The van der Waals surface area contributed by atoms with E-state index in [2.05, 4.69) is 30.3 Å². The highest BCUT2D eigenvalue weighted by Crippen LogP contribution is 2.30. The van der Waals surface area contributed by atoms with Crippen molar-refractivity contribution < 1.29 is 13.2 Å². The Labute approximate surface area is 217 Å². The molecule has 0 spiro atoms. The average Bonchev–Trinajstić information content (AvgIpc) is 2.88. The topological polar surface area (TPSA) is 126 Å². The third kappa shape index (κ3) is 5.50. The lowest BCUT2D eigenvalue weighted by molar-refractivity contribution is 0.262. The average molecular weight is 531 g/mol. The fraction of sp³-hybridized carbons (Fsp3) is 0. The van der Waals surface area contributed by atoms with Crippen LogP contribution in [0.4, 0.5) is 22.0 Å². The summed E-state index contributed by atoms with van der Waals surface area (Å²) in [6.45, 7) is 0. The summed E-state index contributed by atoms with van der Waals surface area (Å²) in [6.07, 6.45) is 3.02. The molecular weight excluding hydrogens is 512 g/mol. The number of carbonyl (C=O) groups is 1. The first-order chi connectivity index (χ1) is 17.9. The monoisotopic (exact) mass is 530 g/mol. The van der Waals surface area contributed by atoms with Gasteiger partial charge in [0, 0.05) is 28.5 Å². The summed E-state index contributed by atoms with van der Waals surface area (Å²) in [5, 5.41) is 5.97. The van der Waals surface area contributed by atoms with Crippen molar-refractivity contribution in [3.8, 4) is 11.3 Å². The van der Waals surface area contributed by atoms with E-state index in [1.54, 1.807) is 42.6 Å². The number of aromatic nitrogens is 3. The number of rotatable bonds is 6. The Balaban J connectivity index is 1.35. The second-order valence-corrected chi connectivity index (χ2v) is 9.92. The van der Waals surface area contributed by atoms with Crippen LogP contribution >= 0.6 is 11.6 Å². The summed E-state index contributed by atoms with van der Waals surface area (Å²) in [5.74, 6) is 0.367. The van der Waals surface area contributed by atoms with Crippen LogP contribution in [0, 0.1) is 0 Å². The largest absolute Gasteiger partial charge is 0.324 e. The lowest BCUT2D eigenvalue weighted by atomic mass is 10.1. The number of fused-ring (bicyclic) bond motifs is 1. The molecule has 9 nitrogen and oxygen atoms in total. The molecule has 0 fully saturated rings. The Hall–Kier alpha value is -4.54. The molecule has 5 rings (SSSR count). The Morgan fingerprint density at radius 2 is 1.62 bits per heavy atom. The van der Waals surface area contributed by atoms with Crippen molar-refractivity contribution in [3.05, 3.63) is 102 Å². The van der Waals surface area contributed by atoms with Crippen molar-refractivity contribution in [1.82, 2.24) is 15.0 Å². The van der Waals surface area contributed by atoms with Gasteiger partial charge in [-0.25, -0.2) is 28.2 Å². The summed E-state index contributed by atoms with van der Waals surface area (Å²) in [7, 11) is -4.03. The van der Waals surface area contributed by atoms with Crippen molar-refractivity contribution in [1.29, 1.82) is 0 Å². The predicted octanol–water partition coefficient (Wildman–Crippen LogP) is 5.79. The van der Waals surface area contributed by atoms with Crippen molar-refractivity contribution in [3.63, 3.8) is 0 Å². The molecule has 0 saturated carbocycles. The van der Waals surface area contributed by atoms with Crippen LogP contribution in [-0.2, 0) is 10.0 Å². The van der Waals surface area contributed by atoms with Crippen molar-refractivity contribution in [2.45, 2.75) is 4.90 Å². The van der Waals surface area contributed by atoms with Crippen LogP contribution in [0.15, 0.2) is 102 Å². The number of halogens is 1.